The third-order valence-corrected chi connectivity index (χ3v) is 3.89. The maximum atomic E-state index is 12.2. The largest absolute Gasteiger partial charge is 0.457 e. The van der Waals surface area contributed by atoms with E-state index in [1.165, 1.54) is 0 Å². The molecule has 1 fully saturated rings. The minimum Gasteiger partial charge on any atom is -0.457 e. The third kappa shape index (κ3) is 4.81. The number of aliphatic hydroxyl groups is 1. The zero-order valence-corrected chi connectivity index (χ0v) is 13.5. The molecule has 0 atom stereocenters. The van der Waals surface area contributed by atoms with Gasteiger partial charge in [-0.1, -0.05) is 24.3 Å². The van der Waals surface area contributed by atoms with Crippen LogP contribution in [0.4, 0.5) is 5.69 Å². The normalized spacial score (nSPS) is 13.8. The van der Waals surface area contributed by atoms with Gasteiger partial charge in [-0.3, -0.25) is 9.69 Å². The predicted molar refractivity (Wildman–Crippen MR) is 93.3 cm³/mol. The number of hydrogen-bond donors (Lipinski definition) is 2. The second-order valence-electron chi connectivity index (χ2n) is 5.92. The molecular weight excluding hydrogens is 304 g/mol. The fourth-order valence-corrected chi connectivity index (χ4v) is 2.61. The van der Waals surface area contributed by atoms with Crippen LogP contribution in [0.5, 0.6) is 11.5 Å². The molecule has 1 saturated carbocycles. The summed E-state index contributed by atoms with van der Waals surface area (Å²) in [5.74, 6) is 1.35. The van der Waals surface area contributed by atoms with Gasteiger partial charge in [0.15, 0.2) is 0 Å². The lowest BCUT2D eigenvalue weighted by atomic mass is 10.3. The van der Waals surface area contributed by atoms with Crippen molar-refractivity contribution in [3.63, 3.8) is 0 Å². The fourth-order valence-electron chi connectivity index (χ4n) is 2.61. The van der Waals surface area contributed by atoms with E-state index in [0.29, 0.717) is 30.6 Å². The number of nitrogens with zero attached hydrogens (tertiary/aromatic N) is 1. The highest BCUT2D eigenvalue weighted by Gasteiger charge is 2.29. The van der Waals surface area contributed by atoms with E-state index >= 15 is 0 Å². The highest BCUT2D eigenvalue weighted by Crippen LogP contribution is 2.27. The average Bonchev–Trinajstić information content (AvgIpc) is 3.40. The third-order valence-electron chi connectivity index (χ3n) is 3.89. The Morgan fingerprint density at radius 3 is 2.58 bits per heavy atom. The van der Waals surface area contributed by atoms with Gasteiger partial charge in [0.05, 0.1) is 13.2 Å². The molecule has 1 aliphatic rings. The molecule has 5 heteroatoms. The van der Waals surface area contributed by atoms with Crippen LogP contribution in [-0.2, 0) is 4.79 Å². The van der Waals surface area contributed by atoms with Crippen LogP contribution >= 0.6 is 0 Å². The standard InChI is InChI=1S/C19H22N2O3/c22-12-11-21(16-9-10-16)14-19(23)20-15-5-4-8-18(13-15)24-17-6-2-1-3-7-17/h1-8,13,16,22H,9-12,14H2,(H,20,23). The van der Waals surface area contributed by atoms with Gasteiger partial charge in [-0.2, -0.15) is 0 Å². The quantitative estimate of drug-likeness (QED) is 0.783. The van der Waals surface area contributed by atoms with E-state index in [2.05, 4.69) is 5.32 Å². The van der Waals surface area contributed by atoms with Crippen molar-refractivity contribution in [1.29, 1.82) is 0 Å². The highest BCUT2D eigenvalue weighted by molar-refractivity contribution is 5.92. The number of amides is 1. The zero-order valence-electron chi connectivity index (χ0n) is 13.5. The number of rotatable bonds is 8. The molecule has 0 unspecified atom stereocenters. The molecule has 3 rings (SSSR count). The molecule has 0 aromatic heterocycles. The van der Waals surface area contributed by atoms with Crippen LogP contribution < -0.4 is 10.1 Å². The molecule has 0 heterocycles. The maximum Gasteiger partial charge on any atom is 0.238 e. The summed E-state index contributed by atoms with van der Waals surface area (Å²) in [5, 5.41) is 12.0. The van der Waals surface area contributed by atoms with Crippen molar-refractivity contribution < 1.29 is 14.6 Å². The minimum absolute atomic E-state index is 0.0736. The second-order valence-corrected chi connectivity index (χ2v) is 5.92. The van der Waals surface area contributed by atoms with Gasteiger partial charge in [0.25, 0.3) is 0 Å². The molecule has 2 aromatic rings. The van der Waals surface area contributed by atoms with Crippen LogP contribution in [0.15, 0.2) is 54.6 Å². The van der Waals surface area contributed by atoms with E-state index in [-0.39, 0.29) is 12.5 Å². The number of anilines is 1. The number of carbonyl (C=O) groups excluding carboxylic acids is 1. The molecule has 0 bridgehead atoms. The van der Waals surface area contributed by atoms with Crippen molar-refractivity contribution in [1.82, 2.24) is 4.90 Å². The summed E-state index contributed by atoms with van der Waals surface area (Å²) < 4.78 is 5.77. The van der Waals surface area contributed by atoms with Crippen molar-refractivity contribution in [2.24, 2.45) is 0 Å². The van der Waals surface area contributed by atoms with Crippen LogP contribution in [0.3, 0.4) is 0 Å². The zero-order chi connectivity index (χ0) is 16.8. The van der Waals surface area contributed by atoms with Crippen molar-refractivity contribution in [3.8, 4) is 11.5 Å². The first-order valence-corrected chi connectivity index (χ1v) is 8.22. The lowest BCUT2D eigenvalue weighted by molar-refractivity contribution is -0.117. The van der Waals surface area contributed by atoms with Crippen molar-refractivity contribution in [2.75, 3.05) is 25.0 Å². The van der Waals surface area contributed by atoms with Gasteiger partial charge in [0, 0.05) is 24.3 Å². The van der Waals surface area contributed by atoms with Gasteiger partial charge < -0.3 is 15.2 Å². The molecule has 0 saturated heterocycles. The van der Waals surface area contributed by atoms with E-state index in [1.807, 2.05) is 53.4 Å². The van der Waals surface area contributed by atoms with E-state index in [4.69, 9.17) is 9.84 Å². The Bertz CT molecular complexity index is 671. The Labute approximate surface area is 141 Å². The molecule has 1 aliphatic carbocycles. The number of para-hydroxylation sites is 1. The first-order valence-electron chi connectivity index (χ1n) is 8.22. The van der Waals surface area contributed by atoms with Crippen LogP contribution in [0.1, 0.15) is 12.8 Å². The Morgan fingerprint density at radius 1 is 1.12 bits per heavy atom. The molecule has 5 nitrogen and oxygen atoms in total. The molecule has 126 valence electrons. The summed E-state index contributed by atoms with van der Waals surface area (Å²) in [5.41, 5.74) is 0.702. The molecule has 1 amide bonds. The van der Waals surface area contributed by atoms with Gasteiger partial charge in [-0.15, -0.1) is 0 Å². The van der Waals surface area contributed by atoms with Gasteiger partial charge in [0.2, 0.25) is 5.91 Å². The molecule has 2 aromatic carbocycles. The van der Waals surface area contributed by atoms with Crippen LogP contribution in [-0.4, -0.2) is 41.7 Å². The lowest BCUT2D eigenvalue weighted by Gasteiger charge is -2.20. The lowest BCUT2D eigenvalue weighted by Crippen LogP contribution is -2.36. The summed E-state index contributed by atoms with van der Waals surface area (Å²) in [6.07, 6.45) is 2.21. The van der Waals surface area contributed by atoms with Crippen LogP contribution in [0, 0.1) is 0 Å². The Balaban J connectivity index is 1.58. The Kier molecular flexibility index (Phi) is 5.46. The number of benzene rings is 2. The minimum atomic E-state index is -0.0767. The second kappa shape index (κ2) is 7.95. The number of hydrogen-bond acceptors (Lipinski definition) is 4. The molecule has 0 radical (unpaired) electrons. The first kappa shape index (κ1) is 16.5. The molecular formula is C19H22N2O3. The molecule has 24 heavy (non-hydrogen) atoms. The van der Waals surface area contributed by atoms with Crippen molar-refractivity contribution in [3.05, 3.63) is 54.6 Å². The van der Waals surface area contributed by atoms with Crippen molar-refractivity contribution >= 4 is 11.6 Å². The molecule has 0 spiro atoms. The van der Waals surface area contributed by atoms with E-state index in [1.54, 1.807) is 6.07 Å². The SMILES string of the molecule is O=C(CN(CCO)C1CC1)Nc1cccc(Oc2ccccc2)c1. The Morgan fingerprint density at radius 2 is 1.88 bits per heavy atom. The van der Waals surface area contributed by atoms with Crippen LogP contribution in [0.2, 0.25) is 0 Å². The summed E-state index contributed by atoms with van der Waals surface area (Å²) in [6, 6.07) is 17.3. The molecule has 2 N–H and O–H groups in total. The smallest absolute Gasteiger partial charge is 0.238 e. The Hall–Kier alpha value is -2.37. The van der Waals surface area contributed by atoms with Gasteiger partial charge in [-0.05, 0) is 37.1 Å². The summed E-state index contributed by atoms with van der Waals surface area (Å²) >= 11 is 0. The monoisotopic (exact) mass is 326 g/mol. The van der Waals surface area contributed by atoms with Gasteiger partial charge in [0.1, 0.15) is 11.5 Å². The summed E-state index contributed by atoms with van der Waals surface area (Å²) in [6.45, 7) is 0.911. The number of ether oxygens (including phenoxy) is 1. The first-order chi connectivity index (χ1) is 11.7. The maximum absolute atomic E-state index is 12.2. The van der Waals surface area contributed by atoms with Gasteiger partial charge in [-0.25, -0.2) is 0 Å². The van der Waals surface area contributed by atoms with Gasteiger partial charge >= 0.3 is 0 Å². The highest BCUT2D eigenvalue weighted by atomic mass is 16.5. The summed E-state index contributed by atoms with van der Waals surface area (Å²) in [4.78, 5) is 14.3. The number of aliphatic hydroxyl groups excluding tert-OH is 1. The number of nitrogens with one attached hydrogen (secondary N) is 1. The van der Waals surface area contributed by atoms with Crippen LogP contribution in [0.25, 0.3) is 0 Å². The fraction of sp³-hybridized carbons (Fsp3) is 0.316. The average molecular weight is 326 g/mol. The predicted octanol–water partition coefficient (Wildman–Crippen LogP) is 2.87. The number of carbonyl (C=O) groups is 1. The van der Waals surface area contributed by atoms with Crippen molar-refractivity contribution in [2.45, 2.75) is 18.9 Å². The van der Waals surface area contributed by atoms with E-state index in [0.717, 1.165) is 18.6 Å². The van der Waals surface area contributed by atoms with E-state index < -0.39 is 0 Å². The molecule has 0 aliphatic heterocycles. The summed E-state index contributed by atoms with van der Waals surface area (Å²) in [7, 11) is 0. The topological polar surface area (TPSA) is 61.8 Å². The van der Waals surface area contributed by atoms with E-state index in [9.17, 15) is 4.79 Å².